The number of nitrogens with one attached hydrogen (secondary N) is 1. The number of carbonyl (C=O) groups is 1. The summed E-state index contributed by atoms with van der Waals surface area (Å²) in [5.74, 6) is 1.36. The van der Waals surface area contributed by atoms with Crippen LogP contribution in [0.2, 0.25) is 0 Å². The Morgan fingerprint density at radius 2 is 1.66 bits per heavy atom. The van der Waals surface area contributed by atoms with Gasteiger partial charge < -0.3 is 10.1 Å². The molecular weight excluding hydrogens is 402 g/mol. The minimum atomic E-state index is -0.0102. The number of carbonyl (C=O) groups excluding carboxylic acids is 1. The molecule has 1 aromatic heterocycles. The number of amides is 1. The van der Waals surface area contributed by atoms with Gasteiger partial charge in [-0.3, -0.25) is 4.79 Å². The molecule has 0 spiro atoms. The van der Waals surface area contributed by atoms with Crippen molar-refractivity contribution in [1.29, 1.82) is 0 Å². The molecule has 3 aromatic carbocycles. The first-order valence-corrected chi connectivity index (χ1v) is 10.6. The second kappa shape index (κ2) is 10.9. The molecule has 7 nitrogen and oxygen atoms in total. The van der Waals surface area contributed by atoms with Crippen LogP contribution in [0.5, 0.6) is 5.75 Å². The Hall–Kier alpha value is -4.00. The highest BCUT2D eigenvalue weighted by Crippen LogP contribution is 2.15. The molecule has 7 heteroatoms. The highest BCUT2D eigenvalue weighted by molar-refractivity contribution is 5.75. The minimum Gasteiger partial charge on any atom is -0.489 e. The number of hydrogen-bond donors (Lipinski definition) is 1. The number of hydrogen-bond acceptors (Lipinski definition) is 5. The highest BCUT2D eigenvalue weighted by atomic mass is 16.5. The van der Waals surface area contributed by atoms with E-state index < -0.39 is 0 Å². The van der Waals surface area contributed by atoms with Crippen LogP contribution < -0.4 is 10.1 Å². The van der Waals surface area contributed by atoms with E-state index >= 15 is 0 Å². The van der Waals surface area contributed by atoms with Crippen molar-refractivity contribution in [3.63, 3.8) is 0 Å². The van der Waals surface area contributed by atoms with Crippen molar-refractivity contribution in [2.75, 3.05) is 0 Å². The summed E-state index contributed by atoms with van der Waals surface area (Å²) in [5, 5.41) is 15.5. The van der Waals surface area contributed by atoms with Crippen LogP contribution in [0.3, 0.4) is 0 Å². The molecule has 0 saturated carbocycles. The molecule has 0 aliphatic rings. The van der Waals surface area contributed by atoms with Gasteiger partial charge in [0.05, 0.1) is 6.54 Å². The van der Waals surface area contributed by atoms with Crippen LogP contribution in [0, 0.1) is 0 Å². The van der Waals surface area contributed by atoms with Crippen molar-refractivity contribution >= 4 is 5.91 Å². The predicted octanol–water partition coefficient (Wildman–Crippen LogP) is 4.02. The van der Waals surface area contributed by atoms with Crippen LogP contribution in [0.4, 0.5) is 0 Å². The summed E-state index contributed by atoms with van der Waals surface area (Å²) in [4.78, 5) is 13.8. The van der Waals surface area contributed by atoms with Gasteiger partial charge in [-0.15, -0.1) is 10.2 Å². The van der Waals surface area contributed by atoms with Crippen molar-refractivity contribution in [3.05, 3.63) is 96.1 Å². The molecule has 0 aliphatic heterocycles. The summed E-state index contributed by atoms with van der Waals surface area (Å²) in [5.41, 5.74) is 3.03. The molecule has 4 rings (SSSR count). The fraction of sp³-hybridized carbons (Fsp3) is 0.200. The Morgan fingerprint density at radius 3 is 2.47 bits per heavy atom. The lowest BCUT2D eigenvalue weighted by Gasteiger charge is -2.09. The van der Waals surface area contributed by atoms with Crippen molar-refractivity contribution in [2.24, 2.45) is 0 Å². The van der Waals surface area contributed by atoms with Crippen molar-refractivity contribution < 1.29 is 9.53 Å². The predicted molar refractivity (Wildman–Crippen MR) is 122 cm³/mol. The van der Waals surface area contributed by atoms with E-state index in [1.54, 1.807) is 0 Å². The Morgan fingerprint density at radius 1 is 0.906 bits per heavy atom. The minimum absolute atomic E-state index is 0.0102. The first kappa shape index (κ1) is 21.2. The third kappa shape index (κ3) is 6.25. The van der Waals surface area contributed by atoms with Crippen molar-refractivity contribution in [1.82, 2.24) is 25.5 Å². The Balaban J connectivity index is 1.19. The largest absolute Gasteiger partial charge is 0.489 e. The molecule has 0 fully saturated rings. The Bertz CT molecular complexity index is 1130. The quantitative estimate of drug-likeness (QED) is 0.413. The summed E-state index contributed by atoms with van der Waals surface area (Å²) in [6.45, 7) is 1.51. The molecule has 0 saturated heterocycles. The molecule has 32 heavy (non-hydrogen) atoms. The number of rotatable bonds is 10. The molecule has 162 valence electrons. The highest BCUT2D eigenvalue weighted by Gasteiger charge is 2.07. The normalized spacial score (nSPS) is 10.6. The SMILES string of the molecule is O=C(CCCn1nnc(-c2ccccc2)n1)NCc1cccc(OCc2ccccc2)c1. The monoisotopic (exact) mass is 427 g/mol. The fourth-order valence-corrected chi connectivity index (χ4v) is 3.20. The van der Waals surface area contributed by atoms with E-state index in [0.717, 1.165) is 22.4 Å². The van der Waals surface area contributed by atoms with Crippen molar-refractivity contribution in [2.45, 2.75) is 32.5 Å². The maximum Gasteiger partial charge on any atom is 0.220 e. The first-order chi connectivity index (χ1) is 15.8. The summed E-state index contributed by atoms with van der Waals surface area (Å²) in [6, 6.07) is 27.5. The molecule has 0 aliphatic carbocycles. The third-order valence-electron chi connectivity index (χ3n) is 4.88. The van der Waals surface area contributed by atoms with Gasteiger partial charge >= 0.3 is 0 Å². The summed E-state index contributed by atoms with van der Waals surface area (Å²) in [6.07, 6.45) is 1.03. The molecule has 1 N–H and O–H groups in total. The number of ether oxygens (including phenoxy) is 1. The van der Waals surface area contributed by atoms with E-state index in [1.165, 1.54) is 4.80 Å². The lowest BCUT2D eigenvalue weighted by atomic mass is 10.2. The van der Waals surface area contributed by atoms with E-state index in [9.17, 15) is 4.79 Å². The van der Waals surface area contributed by atoms with Crippen LogP contribution in [-0.4, -0.2) is 26.1 Å². The van der Waals surface area contributed by atoms with Crippen LogP contribution in [0.15, 0.2) is 84.9 Å². The lowest BCUT2D eigenvalue weighted by molar-refractivity contribution is -0.121. The van der Waals surface area contributed by atoms with E-state index in [0.29, 0.717) is 38.4 Å². The van der Waals surface area contributed by atoms with E-state index in [1.807, 2.05) is 84.9 Å². The van der Waals surface area contributed by atoms with Crippen LogP contribution in [-0.2, 0) is 24.5 Å². The fourth-order valence-electron chi connectivity index (χ4n) is 3.20. The summed E-state index contributed by atoms with van der Waals surface area (Å²) >= 11 is 0. The summed E-state index contributed by atoms with van der Waals surface area (Å²) < 4.78 is 5.85. The van der Waals surface area contributed by atoms with Crippen LogP contribution in [0.1, 0.15) is 24.0 Å². The molecule has 0 unspecified atom stereocenters. The van der Waals surface area contributed by atoms with Gasteiger partial charge in [0.2, 0.25) is 11.7 Å². The molecule has 4 aromatic rings. The zero-order chi connectivity index (χ0) is 22.0. The van der Waals surface area contributed by atoms with Gasteiger partial charge in [0.25, 0.3) is 0 Å². The van der Waals surface area contributed by atoms with Gasteiger partial charge in [0.15, 0.2) is 0 Å². The van der Waals surface area contributed by atoms with E-state index in [2.05, 4.69) is 20.7 Å². The summed E-state index contributed by atoms with van der Waals surface area (Å²) in [7, 11) is 0. The van der Waals surface area contributed by atoms with Gasteiger partial charge in [-0.1, -0.05) is 72.8 Å². The lowest BCUT2D eigenvalue weighted by Crippen LogP contribution is -2.23. The average Bonchev–Trinajstić information content (AvgIpc) is 3.32. The van der Waals surface area contributed by atoms with E-state index in [4.69, 9.17) is 4.74 Å². The number of aromatic nitrogens is 4. The maximum absolute atomic E-state index is 12.2. The van der Waals surface area contributed by atoms with Gasteiger partial charge in [-0.05, 0) is 34.9 Å². The van der Waals surface area contributed by atoms with Crippen LogP contribution in [0.25, 0.3) is 11.4 Å². The second-order valence-corrected chi connectivity index (χ2v) is 7.38. The van der Waals surface area contributed by atoms with Crippen molar-refractivity contribution in [3.8, 4) is 17.1 Å². The average molecular weight is 428 g/mol. The number of nitrogens with zero attached hydrogens (tertiary/aromatic N) is 4. The third-order valence-corrected chi connectivity index (χ3v) is 4.88. The zero-order valence-corrected chi connectivity index (χ0v) is 17.7. The van der Waals surface area contributed by atoms with Gasteiger partial charge in [0.1, 0.15) is 12.4 Å². The second-order valence-electron chi connectivity index (χ2n) is 7.38. The maximum atomic E-state index is 12.2. The molecule has 1 amide bonds. The van der Waals surface area contributed by atoms with Gasteiger partial charge in [0, 0.05) is 18.5 Å². The van der Waals surface area contributed by atoms with Gasteiger partial charge in [-0.2, -0.15) is 4.80 Å². The molecule has 0 radical (unpaired) electrons. The Kier molecular flexibility index (Phi) is 7.21. The number of aryl methyl sites for hydroxylation is 1. The molecule has 0 bridgehead atoms. The smallest absolute Gasteiger partial charge is 0.220 e. The number of tetrazole rings is 1. The molecule has 1 heterocycles. The Labute approximate surface area is 187 Å². The molecular formula is C25H25N5O2. The standard InChI is InChI=1S/C25H25N5O2/c31-24(15-8-16-30-28-25(27-29-30)22-12-5-2-6-13-22)26-18-21-11-7-14-23(17-21)32-19-20-9-3-1-4-10-20/h1-7,9-14,17H,8,15-16,18-19H2,(H,26,31). The van der Waals surface area contributed by atoms with Crippen LogP contribution >= 0.6 is 0 Å². The first-order valence-electron chi connectivity index (χ1n) is 10.6. The van der Waals surface area contributed by atoms with E-state index in [-0.39, 0.29) is 5.91 Å². The topological polar surface area (TPSA) is 81.9 Å². The molecule has 0 atom stereocenters. The van der Waals surface area contributed by atoms with Gasteiger partial charge in [-0.25, -0.2) is 0 Å². The zero-order valence-electron chi connectivity index (χ0n) is 17.7. The number of benzene rings is 3.